The van der Waals surface area contributed by atoms with Gasteiger partial charge in [-0.25, -0.2) is 4.79 Å². The molecular formula is C43H47N5O7S. The number of fused-ring (bicyclic) bond motifs is 16. The number of nitrogens with zero attached hydrogens (tertiary/aromatic N) is 1. The second kappa shape index (κ2) is 26.1. The number of amides is 4. The van der Waals surface area contributed by atoms with Crippen molar-refractivity contribution >= 4 is 40.9 Å². The van der Waals surface area contributed by atoms with Gasteiger partial charge in [-0.05, 0) is 73.2 Å². The molecule has 0 fully saturated rings. The maximum Gasteiger partial charge on any atom is 0.326 e. The third-order valence-corrected chi connectivity index (χ3v) is 8.17. The van der Waals surface area contributed by atoms with Crippen molar-refractivity contribution in [2.24, 2.45) is 0 Å². The summed E-state index contributed by atoms with van der Waals surface area (Å²) in [5, 5.41) is 20.6. The summed E-state index contributed by atoms with van der Waals surface area (Å²) in [5.41, 5.74) is 5.70. The number of benzene rings is 3. The Labute approximate surface area is 331 Å². The average Bonchev–Trinajstić information content (AvgIpc) is 3.70. The molecule has 13 heteroatoms. The Balaban J connectivity index is 0.000000312. The number of thiophene rings is 1. The van der Waals surface area contributed by atoms with E-state index in [-0.39, 0.29) is 19.6 Å². The van der Waals surface area contributed by atoms with Gasteiger partial charge in [-0.1, -0.05) is 83.9 Å². The number of carbonyl (C=O) groups excluding carboxylic acids is 4. The van der Waals surface area contributed by atoms with Crippen LogP contribution in [-0.2, 0) is 30.4 Å². The molecule has 7 rings (SSSR count). The number of carbonyl (C=O) groups is 5. The first kappa shape index (κ1) is 45.4. The molecule has 12 nitrogen and oxygen atoms in total. The molecule has 292 valence electrons. The number of carboxylic acid groups (broad SMARTS) is 1. The molecule has 2 aromatic heterocycles. The molecule has 3 aromatic carbocycles. The Hall–Kier alpha value is -6.78. The smallest absolute Gasteiger partial charge is 0.326 e. The van der Waals surface area contributed by atoms with Gasteiger partial charge in [0.15, 0.2) is 6.61 Å². The SMILES string of the molecule is C#C.Cc1ccc(-c2ccncc2)cc1.Cc1ccccc1.Cc1cccs1.O=C1CNC(=O)COc2ccc(cc2)C[C@@H](C(=O)O)NC(=O)CNC(=O)CN1. The molecular weight excluding hydrogens is 731 g/mol. The van der Waals surface area contributed by atoms with Crippen LogP contribution in [0.4, 0.5) is 0 Å². The number of ether oxygens (including phenoxy) is 1. The highest BCUT2D eigenvalue weighted by Crippen LogP contribution is 2.18. The monoisotopic (exact) mass is 777 g/mol. The van der Waals surface area contributed by atoms with Crippen LogP contribution in [0.3, 0.4) is 0 Å². The van der Waals surface area contributed by atoms with Crippen molar-refractivity contribution in [2.75, 3.05) is 26.2 Å². The van der Waals surface area contributed by atoms with Gasteiger partial charge in [0.1, 0.15) is 11.8 Å². The number of pyridine rings is 1. The van der Waals surface area contributed by atoms with Gasteiger partial charge in [0.2, 0.25) is 17.7 Å². The number of hydrogen-bond acceptors (Lipinski definition) is 8. The number of aliphatic carboxylic acids is 1. The van der Waals surface area contributed by atoms with Crippen molar-refractivity contribution in [1.82, 2.24) is 26.3 Å². The molecule has 0 unspecified atom stereocenters. The van der Waals surface area contributed by atoms with Gasteiger partial charge in [-0.15, -0.1) is 24.2 Å². The molecule has 2 aliphatic heterocycles. The molecule has 5 aromatic rings. The molecule has 0 saturated carbocycles. The van der Waals surface area contributed by atoms with E-state index >= 15 is 0 Å². The highest BCUT2D eigenvalue weighted by Gasteiger charge is 2.21. The van der Waals surface area contributed by atoms with E-state index < -0.39 is 48.7 Å². The van der Waals surface area contributed by atoms with Crippen molar-refractivity contribution in [3.05, 3.63) is 142 Å². The van der Waals surface area contributed by atoms with E-state index in [0.717, 1.165) is 0 Å². The minimum absolute atomic E-state index is 0.0197. The van der Waals surface area contributed by atoms with Crippen LogP contribution in [0.2, 0.25) is 0 Å². The third kappa shape index (κ3) is 19.3. The standard InChI is InChI=1S/C17H20N4O7.C12H11N.C7H8.C5H6S.C2H2/c22-13-6-18-14(23)7-20-16(25)9-28-11-3-1-10(2-4-11)5-12(17(26)27)21-15(24)8-19-13;1-10-2-4-11(5-3-10)12-6-8-13-9-7-12;1-7-5-3-2-4-6-7;1-5-3-2-4-6-5;1-2/h1-4,12H,5-9H2,(H,18,23)(H,19,22)(H,20,25)(H,21,24)(H,26,27);2-9H,1H3;2-6H,1H3;2-4H,1H3;1-2H/t12-;;;;/m0..../s1. The number of nitrogens with one attached hydrogen (secondary N) is 4. The molecule has 5 N–H and O–H groups in total. The average molecular weight is 778 g/mol. The number of aromatic nitrogens is 1. The fourth-order valence-corrected chi connectivity index (χ4v) is 4.98. The lowest BCUT2D eigenvalue weighted by molar-refractivity contribution is -0.141. The van der Waals surface area contributed by atoms with Gasteiger partial charge in [0, 0.05) is 23.7 Å². The first-order valence-corrected chi connectivity index (χ1v) is 18.2. The van der Waals surface area contributed by atoms with Gasteiger partial charge in [-0.2, -0.15) is 0 Å². The lowest BCUT2D eigenvalue weighted by Crippen LogP contribution is -2.48. The van der Waals surface area contributed by atoms with Crippen LogP contribution in [0.5, 0.6) is 5.75 Å². The molecule has 56 heavy (non-hydrogen) atoms. The number of aryl methyl sites for hydroxylation is 3. The topological polar surface area (TPSA) is 176 Å². The largest absolute Gasteiger partial charge is 0.484 e. The van der Waals surface area contributed by atoms with Gasteiger partial charge in [-0.3, -0.25) is 24.2 Å². The highest BCUT2D eigenvalue weighted by atomic mass is 32.1. The fourth-order valence-electron chi connectivity index (χ4n) is 4.45. The predicted molar refractivity (Wildman–Crippen MR) is 219 cm³/mol. The third-order valence-electron chi connectivity index (χ3n) is 7.37. The minimum atomic E-state index is -1.23. The zero-order valence-corrected chi connectivity index (χ0v) is 32.4. The Morgan fingerprint density at radius 3 is 1.70 bits per heavy atom. The maximum absolute atomic E-state index is 11.9. The number of terminal acetylenes is 1. The van der Waals surface area contributed by atoms with E-state index in [2.05, 4.69) is 114 Å². The van der Waals surface area contributed by atoms with Gasteiger partial charge in [0.25, 0.3) is 5.91 Å². The molecule has 2 bridgehead atoms. The molecule has 4 amide bonds. The zero-order chi connectivity index (χ0) is 41.1. The lowest BCUT2D eigenvalue weighted by Gasteiger charge is -2.15. The van der Waals surface area contributed by atoms with Gasteiger partial charge >= 0.3 is 5.97 Å². The first-order valence-electron chi connectivity index (χ1n) is 17.3. The summed E-state index contributed by atoms with van der Waals surface area (Å²) in [6.45, 7) is 4.78. The Morgan fingerprint density at radius 1 is 0.679 bits per heavy atom. The fraction of sp³-hybridized carbons (Fsp3) is 0.209. The van der Waals surface area contributed by atoms with Crippen molar-refractivity contribution < 1.29 is 33.8 Å². The van der Waals surface area contributed by atoms with E-state index in [0.29, 0.717) is 11.3 Å². The molecule has 0 saturated heterocycles. The summed E-state index contributed by atoms with van der Waals surface area (Å²) in [6, 6.07) is 32.1. The summed E-state index contributed by atoms with van der Waals surface area (Å²) in [4.78, 5) is 63.6. The van der Waals surface area contributed by atoms with E-state index in [1.54, 1.807) is 35.6 Å². The molecule has 0 aliphatic carbocycles. The predicted octanol–water partition coefficient (Wildman–Crippen LogP) is 4.90. The molecule has 2 aliphatic rings. The van der Waals surface area contributed by atoms with Crippen molar-refractivity contribution in [1.29, 1.82) is 0 Å². The Morgan fingerprint density at radius 2 is 1.21 bits per heavy atom. The van der Waals surface area contributed by atoms with Crippen molar-refractivity contribution in [2.45, 2.75) is 33.2 Å². The van der Waals surface area contributed by atoms with E-state index in [1.807, 2.05) is 42.7 Å². The van der Waals surface area contributed by atoms with Crippen LogP contribution in [0.1, 0.15) is 21.6 Å². The van der Waals surface area contributed by atoms with Crippen LogP contribution in [0, 0.1) is 33.6 Å². The Bertz CT molecular complexity index is 1940. The number of hydrogen-bond donors (Lipinski definition) is 5. The van der Waals surface area contributed by atoms with Crippen LogP contribution in [-0.4, -0.2) is 72.0 Å². The normalized spacial score (nSPS) is 14.2. The highest BCUT2D eigenvalue weighted by molar-refractivity contribution is 7.09. The zero-order valence-electron chi connectivity index (χ0n) is 31.6. The second-order valence-electron chi connectivity index (χ2n) is 11.9. The summed E-state index contributed by atoms with van der Waals surface area (Å²) >= 11 is 1.78. The molecule has 4 heterocycles. The summed E-state index contributed by atoms with van der Waals surface area (Å²) in [6.07, 6.45) is 11.6. The van der Waals surface area contributed by atoms with E-state index in [9.17, 15) is 29.1 Å². The Kier molecular flexibility index (Phi) is 21.1. The van der Waals surface area contributed by atoms with Gasteiger partial charge < -0.3 is 31.1 Å². The van der Waals surface area contributed by atoms with Crippen molar-refractivity contribution in [3.63, 3.8) is 0 Å². The van der Waals surface area contributed by atoms with Crippen LogP contribution in [0.25, 0.3) is 11.1 Å². The summed E-state index contributed by atoms with van der Waals surface area (Å²) < 4.78 is 5.29. The van der Waals surface area contributed by atoms with E-state index in [1.165, 1.54) is 27.1 Å². The second-order valence-corrected chi connectivity index (χ2v) is 13.1. The lowest BCUT2D eigenvalue weighted by atomic mass is 10.1. The quantitative estimate of drug-likeness (QED) is 0.124. The van der Waals surface area contributed by atoms with Gasteiger partial charge in [0.05, 0.1) is 19.6 Å². The minimum Gasteiger partial charge on any atom is -0.484 e. The maximum atomic E-state index is 11.9. The summed E-state index contributed by atoms with van der Waals surface area (Å²) in [7, 11) is 0. The van der Waals surface area contributed by atoms with Crippen LogP contribution < -0.4 is 26.0 Å². The number of rotatable bonds is 2. The van der Waals surface area contributed by atoms with Crippen LogP contribution >= 0.6 is 11.3 Å². The molecule has 0 spiro atoms. The number of carboxylic acids is 1. The molecule has 0 radical (unpaired) electrons. The van der Waals surface area contributed by atoms with E-state index in [4.69, 9.17) is 4.74 Å². The first-order chi connectivity index (χ1) is 27.0. The van der Waals surface area contributed by atoms with Crippen molar-refractivity contribution in [3.8, 4) is 29.7 Å². The van der Waals surface area contributed by atoms with Crippen LogP contribution in [0.15, 0.2) is 121 Å². The molecule has 1 atom stereocenters. The summed E-state index contributed by atoms with van der Waals surface area (Å²) in [5.74, 6) is -3.29.